The predicted molar refractivity (Wildman–Crippen MR) is 116 cm³/mol. The zero-order chi connectivity index (χ0) is 22.9. The molecule has 0 unspecified atom stereocenters. The molecule has 0 atom stereocenters. The largest absolute Gasteiger partial charge is 0.486 e. The van der Waals surface area contributed by atoms with Crippen molar-refractivity contribution in [1.82, 2.24) is 9.55 Å². The van der Waals surface area contributed by atoms with Gasteiger partial charge in [0.2, 0.25) is 0 Å². The van der Waals surface area contributed by atoms with E-state index in [1.807, 2.05) is 0 Å². The first-order valence-electron chi connectivity index (χ1n) is 9.78. The average molecular weight is 460 g/mol. The Balaban J connectivity index is 1.58. The molecule has 0 saturated carbocycles. The van der Waals surface area contributed by atoms with Gasteiger partial charge in [-0.15, -0.1) is 11.3 Å². The molecule has 0 saturated heterocycles. The molecular formula is C23H19F3N2O3S. The fourth-order valence-electron chi connectivity index (χ4n) is 3.39. The molecule has 0 aliphatic rings. The molecule has 3 aromatic heterocycles. The number of aryl methyl sites for hydroxylation is 1. The first-order valence-corrected chi connectivity index (χ1v) is 10.6. The molecule has 0 amide bonds. The number of ether oxygens (including phenoxy) is 2. The van der Waals surface area contributed by atoms with Crippen LogP contribution in [-0.2, 0) is 24.6 Å². The van der Waals surface area contributed by atoms with Crippen LogP contribution < -0.4 is 4.74 Å². The molecule has 3 heterocycles. The average Bonchev–Trinajstić information content (AvgIpc) is 3.35. The normalized spacial score (nSPS) is 11.7. The van der Waals surface area contributed by atoms with Crippen LogP contribution >= 0.6 is 11.3 Å². The number of hydrogen-bond acceptors (Lipinski definition) is 5. The number of halogens is 3. The van der Waals surface area contributed by atoms with Gasteiger partial charge >= 0.3 is 12.1 Å². The summed E-state index contributed by atoms with van der Waals surface area (Å²) in [6.45, 7) is 1.95. The number of benzene rings is 1. The Labute approximate surface area is 186 Å². The van der Waals surface area contributed by atoms with Crippen molar-refractivity contribution < 1.29 is 27.4 Å². The monoisotopic (exact) mass is 460 g/mol. The molecule has 32 heavy (non-hydrogen) atoms. The molecule has 166 valence electrons. The Morgan fingerprint density at radius 2 is 1.91 bits per heavy atom. The van der Waals surface area contributed by atoms with Crippen molar-refractivity contribution in [3.05, 3.63) is 70.2 Å². The summed E-state index contributed by atoms with van der Waals surface area (Å²) in [5.41, 5.74) is 1.56. The third-order valence-electron chi connectivity index (χ3n) is 4.83. The van der Waals surface area contributed by atoms with Gasteiger partial charge in [0, 0.05) is 22.9 Å². The number of alkyl halides is 3. The molecular weight excluding hydrogens is 441 g/mol. The van der Waals surface area contributed by atoms with Gasteiger partial charge in [0.05, 0.1) is 12.8 Å². The van der Waals surface area contributed by atoms with Crippen molar-refractivity contribution in [2.24, 2.45) is 7.05 Å². The van der Waals surface area contributed by atoms with E-state index in [0.29, 0.717) is 44.3 Å². The van der Waals surface area contributed by atoms with Crippen molar-refractivity contribution in [2.75, 3.05) is 6.61 Å². The number of aromatic nitrogens is 2. The number of esters is 1. The molecule has 0 radical (unpaired) electrons. The fraction of sp³-hybridized carbons (Fsp3) is 0.217. The Hall–Kier alpha value is -3.33. The van der Waals surface area contributed by atoms with E-state index >= 15 is 0 Å². The maximum atomic E-state index is 13.6. The molecule has 0 aliphatic heterocycles. The highest BCUT2D eigenvalue weighted by atomic mass is 32.1. The topological polar surface area (TPSA) is 53.4 Å². The molecule has 5 nitrogen and oxygen atoms in total. The highest BCUT2D eigenvalue weighted by Crippen LogP contribution is 2.43. The van der Waals surface area contributed by atoms with Gasteiger partial charge in [-0.3, -0.25) is 0 Å². The van der Waals surface area contributed by atoms with Crippen LogP contribution in [-0.4, -0.2) is 22.1 Å². The van der Waals surface area contributed by atoms with Crippen molar-refractivity contribution >= 4 is 28.3 Å². The second-order valence-corrected chi connectivity index (χ2v) is 8.14. The molecule has 0 N–H and O–H groups in total. The van der Waals surface area contributed by atoms with Crippen molar-refractivity contribution in [1.29, 1.82) is 0 Å². The van der Waals surface area contributed by atoms with E-state index in [1.165, 1.54) is 12.3 Å². The van der Waals surface area contributed by atoms with Gasteiger partial charge in [-0.1, -0.05) is 30.3 Å². The number of pyridine rings is 1. The first-order chi connectivity index (χ1) is 15.3. The molecule has 0 bridgehead atoms. The molecule has 1 aromatic carbocycles. The molecule has 0 aliphatic carbocycles. The van der Waals surface area contributed by atoms with Gasteiger partial charge < -0.3 is 14.0 Å². The summed E-state index contributed by atoms with van der Waals surface area (Å²) in [5.74, 6) is -0.0658. The number of fused-ring (bicyclic) bond motifs is 1. The van der Waals surface area contributed by atoms with Crippen LogP contribution in [0, 0.1) is 0 Å². The minimum Gasteiger partial charge on any atom is -0.486 e. The number of nitrogens with zero attached hydrogens (tertiary/aromatic N) is 2. The Bertz CT molecular complexity index is 1260. The molecule has 0 fully saturated rings. The van der Waals surface area contributed by atoms with E-state index in [9.17, 15) is 18.0 Å². The van der Waals surface area contributed by atoms with Gasteiger partial charge in [-0.25, -0.2) is 9.78 Å². The minimum atomic E-state index is -4.46. The van der Waals surface area contributed by atoms with Crippen LogP contribution in [0.1, 0.15) is 27.2 Å². The maximum Gasteiger partial charge on any atom is 0.426 e. The fourth-order valence-corrected chi connectivity index (χ4v) is 4.35. The summed E-state index contributed by atoms with van der Waals surface area (Å²) in [4.78, 5) is 16.2. The standard InChI is InChI=1S/C23H19F3N2O3S/c1-3-30-22(29)19-10-15-9-16(12-27-21(15)28(19)2)31-13-17-11-18(14-7-5-4-6-8-14)20(32-17)23(24,25)26/h4-12H,3,13H2,1-2H3. The van der Waals surface area contributed by atoms with Crippen LogP contribution in [0.15, 0.2) is 54.7 Å². The second kappa shape index (κ2) is 8.66. The Morgan fingerprint density at radius 3 is 2.59 bits per heavy atom. The Kier molecular flexibility index (Phi) is 5.92. The smallest absolute Gasteiger partial charge is 0.426 e. The molecule has 0 spiro atoms. The van der Waals surface area contributed by atoms with Crippen LogP contribution in [0.3, 0.4) is 0 Å². The summed E-state index contributed by atoms with van der Waals surface area (Å²) < 4.78 is 53.1. The van der Waals surface area contributed by atoms with Gasteiger partial charge in [0.15, 0.2) is 0 Å². The van der Waals surface area contributed by atoms with E-state index < -0.39 is 17.0 Å². The van der Waals surface area contributed by atoms with E-state index in [0.717, 1.165) is 0 Å². The number of thiophene rings is 1. The van der Waals surface area contributed by atoms with Gasteiger partial charge in [-0.05, 0) is 30.7 Å². The minimum absolute atomic E-state index is 0.0364. The SMILES string of the molecule is CCOC(=O)c1cc2cc(OCc3cc(-c4ccccc4)c(C(F)(F)F)s3)cnc2n1C. The van der Waals surface area contributed by atoms with Crippen LogP contribution in [0.4, 0.5) is 13.2 Å². The lowest BCUT2D eigenvalue weighted by atomic mass is 10.1. The van der Waals surface area contributed by atoms with Crippen LogP contribution in [0.2, 0.25) is 0 Å². The lowest BCUT2D eigenvalue weighted by Crippen LogP contribution is -2.09. The quantitative estimate of drug-likeness (QED) is 0.328. The van der Waals surface area contributed by atoms with Gasteiger partial charge in [0.25, 0.3) is 0 Å². The third-order valence-corrected chi connectivity index (χ3v) is 5.99. The summed E-state index contributed by atoms with van der Waals surface area (Å²) >= 11 is 0.664. The molecule has 4 rings (SSSR count). The lowest BCUT2D eigenvalue weighted by Gasteiger charge is -2.07. The third kappa shape index (κ3) is 4.34. The number of hydrogen-bond donors (Lipinski definition) is 0. The van der Waals surface area contributed by atoms with Crippen molar-refractivity contribution in [3.63, 3.8) is 0 Å². The predicted octanol–water partition coefficient (Wildman–Crippen LogP) is 6.08. The number of carbonyl (C=O) groups is 1. The van der Waals surface area contributed by atoms with Gasteiger partial charge in [0.1, 0.15) is 28.6 Å². The maximum absolute atomic E-state index is 13.6. The number of carbonyl (C=O) groups excluding carboxylic acids is 1. The first kappa shape index (κ1) is 21.9. The second-order valence-electron chi connectivity index (χ2n) is 7.00. The van der Waals surface area contributed by atoms with E-state index in [2.05, 4.69) is 4.98 Å². The zero-order valence-corrected chi connectivity index (χ0v) is 18.1. The highest BCUT2D eigenvalue weighted by molar-refractivity contribution is 7.12. The highest BCUT2D eigenvalue weighted by Gasteiger charge is 2.36. The van der Waals surface area contributed by atoms with Gasteiger partial charge in [-0.2, -0.15) is 13.2 Å². The van der Waals surface area contributed by atoms with Crippen LogP contribution in [0.5, 0.6) is 5.75 Å². The number of rotatable bonds is 6. The van der Waals surface area contributed by atoms with E-state index in [4.69, 9.17) is 9.47 Å². The summed E-state index contributed by atoms with van der Waals surface area (Å²) in [6, 6.07) is 13.3. The van der Waals surface area contributed by atoms with Crippen LogP contribution in [0.25, 0.3) is 22.2 Å². The molecule has 9 heteroatoms. The molecule has 4 aromatic rings. The van der Waals surface area contributed by atoms with E-state index in [1.54, 1.807) is 61.0 Å². The summed E-state index contributed by atoms with van der Waals surface area (Å²) in [5, 5.41) is 0.667. The van der Waals surface area contributed by atoms with Crippen molar-refractivity contribution in [3.8, 4) is 16.9 Å². The van der Waals surface area contributed by atoms with E-state index in [-0.39, 0.29) is 18.8 Å². The summed E-state index contributed by atoms with van der Waals surface area (Å²) in [6.07, 6.45) is -2.98. The summed E-state index contributed by atoms with van der Waals surface area (Å²) in [7, 11) is 1.71. The zero-order valence-electron chi connectivity index (χ0n) is 17.3. The lowest BCUT2D eigenvalue weighted by molar-refractivity contribution is -0.133. The van der Waals surface area contributed by atoms with Crippen molar-refractivity contribution in [2.45, 2.75) is 19.7 Å². The Morgan fingerprint density at radius 1 is 1.16 bits per heavy atom.